The van der Waals surface area contributed by atoms with Crippen molar-refractivity contribution in [2.24, 2.45) is 5.92 Å². The molecule has 0 aromatic heterocycles. The average molecular weight is 294 g/mol. The fourth-order valence-electron chi connectivity index (χ4n) is 2.56. The monoisotopic (exact) mass is 294 g/mol. The number of amides is 2. The smallest absolute Gasteiger partial charge is 0.321 e. The summed E-state index contributed by atoms with van der Waals surface area (Å²) < 4.78 is 13.7. The van der Waals surface area contributed by atoms with E-state index in [-0.39, 0.29) is 24.1 Å². The highest BCUT2D eigenvalue weighted by Gasteiger charge is 2.27. The van der Waals surface area contributed by atoms with Crippen LogP contribution in [0.3, 0.4) is 0 Å². The predicted octanol–water partition coefficient (Wildman–Crippen LogP) is 2.85. The predicted molar refractivity (Wildman–Crippen MR) is 76.7 cm³/mol. The number of urea groups is 1. The van der Waals surface area contributed by atoms with Gasteiger partial charge in [0.1, 0.15) is 5.82 Å². The van der Waals surface area contributed by atoms with E-state index >= 15 is 0 Å². The fourth-order valence-corrected chi connectivity index (χ4v) is 2.56. The Labute approximate surface area is 122 Å². The number of aryl methyl sites for hydroxylation is 1. The lowest BCUT2D eigenvalue weighted by atomic mass is 10.0. The Morgan fingerprint density at radius 2 is 2.24 bits per heavy atom. The van der Waals surface area contributed by atoms with Gasteiger partial charge in [0.25, 0.3) is 0 Å². The molecule has 1 aliphatic rings. The van der Waals surface area contributed by atoms with E-state index in [0.29, 0.717) is 25.1 Å². The molecule has 5 nitrogen and oxygen atoms in total. The second-order valence-electron chi connectivity index (χ2n) is 5.40. The van der Waals surface area contributed by atoms with E-state index < -0.39 is 11.8 Å². The summed E-state index contributed by atoms with van der Waals surface area (Å²) in [7, 11) is 0. The summed E-state index contributed by atoms with van der Waals surface area (Å²) in [6.45, 7) is 2.83. The van der Waals surface area contributed by atoms with Gasteiger partial charge in [-0.2, -0.15) is 0 Å². The lowest BCUT2D eigenvalue weighted by molar-refractivity contribution is -0.137. The number of rotatable bonds is 4. The molecule has 0 saturated carbocycles. The van der Waals surface area contributed by atoms with Crippen molar-refractivity contribution in [2.75, 3.05) is 18.4 Å². The molecule has 21 heavy (non-hydrogen) atoms. The SMILES string of the molecule is Cc1cccc(F)c1NC(=O)N1CCC(CCC(=O)O)C1. The molecule has 2 rings (SSSR count). The molecule has 114 valence electrons. The Kier molecular flexibility index (Phi) is 4.77. The van der Waals surface area contributed by atoms with E-state index in [1.165, 1.54) is 6.07 Å². The van der Waals surface area contributed by atoms with Crippen LogP contribution in [0.2, 0.25) is 0 Å². The van der Waals surface area contributed by atoms with Crippen LogP contribution in [0.1, 0.15) is 24.8 Å². The van der Waals surface area contributed by atoms with Crippen LogP contribution in [-0.4, -0.2) is 35.1 Å². The van der Waals surface area contributed by atoms with Crippen molar-refractivity contribution in [1.82, 2.24) is 4.90 Å². The van der Waals surface area contributed by atoms with Crippen LogP contribution in [0, 0.1) is 18.7 Å². The zero-order chi connectivity index (χ0) is 15.4. The first kappa shape index (κ1) is 15.3. The maximum atomic E-state index is 13.7. The number of carbonyl (C=O) groups is 2. The molecule has 1 aliphatic heterocycles. The summed E-state index contributed by atoms with van der Waals surface area (Å²) in [5, 5.41) is 11.3. The number of aliphatic carboxylic acids is 1. The summed E-state index contributed by atoms with van der Waals surface area (Å²) in [6.07, 6.45) is 1.47. The normalized spacial score (nSPS) is 17.8. The molecular weight excluding hydrogens is 275 g/mol. The van der Waals surface area contributed by atoms with Gasteiger partial charge in [-0.05, 0) is 37.3 Å². The van der Waals surface area contributed by atoms with Crippen LogP contribution in [0.4, 0.5) is 14.9 Å². The molecule has 1 heterocycles. The Morgan fingerprint density at radius 1 is 1.48 bits per heavy atom. The van der Waals surface area contributed by atoms with Crippen molar-refractivity contribution in [3.63, 3.8) is 0 Å². The molecule has 6 heteroatoms. The highest BCUT2D eigenvalue weighted by atomic mass is 19.1. The van der Waals surface area contributed by atoms with Crippen LogP contribution in [-0.2, 0) is 4.79 Å². The first-order valence-corrected chi connectivity index (χ1v) is 7.00. The van der Waals surface area contributed by atoms with Crippen LogP contribution < -0.4 is 5.32 Å². The van der Waals surface area contributed by atoms with Crippen LogP contribution in [0.5, 0.6) is 0 Å². The zero-order valence-electron chi connectivity index (χ0n) is 11.9. The Balaban J connectivity index is 1.91. The van der Waals surface area contributed by atoms with Gasteiger partial charge in [0.2, 0.25) is 0 Å². The number of nitrogens with one attached hydrogen (secondary N) is 1. The Bertz CT molecular complexity index is 527. The van der Waals surface area contributed by atoms with Gasteiger partial charge in [0.05, 0.1) is 5.69 Å². The van der Waals surface area contributed by atoms with Crippen LogP contribution >= 0.6 is 0 Å². The number of nitrogens with zero attached hydrogens (tertiary/aromatic N) is 1. The van der Waals surface area contributed by atoms with Crippen LogP contribution in [0.15, 0.2) is 18.2 Å². The molecule has 1 saturated heterocycles. The minimum absolute atomic E-state index is 0.118. The quantitative estimate of drug-likeness (QED) is 0.897. The lowest BCUT2D eigenvalue weighted by Gasteiger charge is -2.18. The maximum Gasteiger partial charge on any atom is 0.321 e. The van der Waals surface area contributed by atoms with Crippen molar-refractivity contribution in [2.45, 2.75) is 26.2 Å². The third-order valence-electron chi connectivity index (χ3n) is 3.79. The molecule has 1 fully saturated rings. The first-order chi connectivity index (χ1) is 9.97. The van der Waals surface area contributed by atoms with Gasteiger partial charge in [0, 0.05) is 19.5 Å². The first-order valence-electron chi connectivity index (χ1n) is 7.00. The van der Waals surface area contributed by atoms with E-state index in [1.54, 1.807) is 24.0 Å². The summed E-state index contributed by atoms with van der Waals surface area (Å²) >= 11 is 0. The largest absolute Gasteiger partial charge is 0.481 e. The van der Waals surface area contributed by atoms with Crippen LogP contribution in [0.25, 0.3) is 0 Å². The maximum absolute atomic E-state index is 13.7. The van der Waals surface area contributed by atoms with Gasteiger partial charge in [-0.15, -0.1) is 0 Å². The number of carboxylic acid groups (broad SMARTS) is 1. The number of halogens is 1. The molecular formula is C15H19FN2O3. The fraction of sp³-hybridized carbons (Fsp3) is 0.467. The van der Waals surface area contributed by atoms with Crippen molar-refractivity contribution >= 4 is 17.7 Å². The highest BCUT2D eigenvalue weighted by molar-refractivity contribution is 5.90. The summed E-state index contributed by atoms with van der Waals surface area (Å²) in [4.78, 5) is 24.3. The second kappa shape index (κ2) is 6.56. The van der Waals surface area contributed by atoms with Crippen molar-refractivity contribution < 1.29 is 19.1 Å². The molecule has 1 aromatic rings. The lowest BCUT2D eigenvalue weighted by Crippen LogP contribution is -2.33. The molecule has 0 radical (unpaired) electrons. The van der Waals surface area contributed by atoms with E-state index in [9.17, 15) is 14.0 Å². The molecule has 0 bridgehead atoms. The second-order valence-corrected chi connectivity index (χ2v) is 5.40. The average Bonchev–Trinajstić information content (AvgIpc) is 2.89. The molecule has 1 unspecified atom stereocenters. The van der Waals surface area contributed by atoms with E-state index in [2.05, 4.69) is 5.32 Å². The number of carbonyl (C=O) groups excluding carboxylic acids is 1. The number of hydrogen-bond donors (Lipinski definition) is 2. The molecule has 1 atom stereocenters. The molecule has 2 amide bonds. The summed E-state index contributed by atoms with van der Waals surface area (Å²) in [6, 6.07) is 4.31. The Hall–Kier alpha value is -2.11. The number of hydrogen-bond acceptors (Lipinski definition) is 2. The molecule has 0 aliphatic carbocycles. The minimum atomic E-state index is -0.820. The topological polar surface area (TPSA) is 69.6 Å². The summed E-state index contributed by atoms with van der Waals surface area (Å²) in [5.74, 6) is -1.07. The third kappa shape index (κ3) is 3.93. The standard InChI is InChI=1S/C15H19FN2O3/c1-10-3-2-4-12(16)14(10)17-15(21)18-8-7-11(9-18)5-6-13(19)20/h2-4,11H,5-9H2,1H3,(H,17,21)(H,19,20). The van der Waals surface area contributed by atoms with Crippen molar-refractivity contribution in [3.05, 3.63) is 29.6 Å². The van der Waals surface area contributed by atoms with Gasteiger partial charge in [-0.25, -0.2) is 9.18 Å². The van der Waals surface area contributed by atoms with Crippen molar-refractivity contribution in [3.8, 4) is 0 Å². The van der Waals surface area contributed by atoms with E-state index in [4.69, 9.17) is 5.11 Å². The zero-order valence-corrected chi connectivity index (χ0v) is 11.9. The van der Waals surface area contributed by atoms with Gasteiger partial charge in [-0.1, -0.05) is 12.1 Å². The number of carboxylic acids is 1. The minimum Gasteiger partial charge on any atom is -0.481 e. The summed E-state index contributed by atoms with van der Waals surface area (Å²) in [5.41, 5.74) is 0.876. The van der Waals surface area contributed by atoms with Gasteiger partial charge >= 0.3 is 12.0 Å². The van der Waals surface area contributed by atoms with Gasteiger partial charge in [-0.3, -0.25) is 4.79 Å². The van der Waals surface area contributed by atoms with Gasteiger partial charge < -0.3 is 15.3 Å². The van der Waals surface area contributed by atoms with Gasteiger partial charge in [0.15, 0.2) is 0 Å². The molecule has 2 N–H and O–H groups in total. The number of benzene rings is 1. The Morgan fingerprint density at radius 3 is 2.90 bits per heavy atom. The molecule has 1 aromatic carbocycles. The number of para-hydroxylation sites is 1. The highest BCUT2D eigenvalue weighted by Crippen LogP contribution is 2.23. The van der Waals surface area contributed by atoms with E-state index in [1.807, 2.05) is 0 Å². The number of anilines is 1. The molecule has 0 spiro atoms. The van der Waals surface area contributed by atoms with E-state index in [0.717, 1.165) is 6.42 Å². The number of likely N-dealkylation sites (tertiary alicyclic amines) is 1. The third-order valence-corrected chi connectivity index (χ3v) is 3.79. The van der Waals surface area contributed by atoms with Crippen molar-refractivity contribution in [1.29, 1.82) is 0 Å².